The predicted molar refractivity (Wildman–Crippen MR) is 52.3 cm³/mol. The molecule has 0 spiro atoms. The fourth-order valence-corrected chi connectivity index (χ4v) is 1.08. The molecule has 0 N–H and O–H groups in total. The molecule has 0 bridgehead atoms. The number of aryl methyl sites for hydroxylation is 3. The number of hydrogen-bond acceptors (Lipinski definition) is 2. The van der Waals surface area contributed by atoms with Crippen LogP contribution in [-0.2, 0) is 0 Å². The van der Waals surface area contributed by atoms with Gasteiger partial charge in [-0.25, -0.2) is 9.98 Å². The van der Waals surface area contributed by atoms with E-state index in [9.17, 15) is 0 Å². The van der Waals surface area contributed by atoms with Crippen LogP contribution in [0, 0.1) is 20.8 Å². The van der Waals surface area contributed by atoms with Gasteiger partial charge in [0.25, 0.3) is 0 Å². The zero-order valence-corrected chi connectivity index (χ0v) is 8.05. The zero-order valence-electron chi connectivity index (χ0n) is 8.05. The summed E-state index contributed by atoms with van der Waals surface area (Å²) in [5, 5.41) is 0. The molecule has 0 radical (unpaired) electrons. The van der Waals surface area contributed by atoms with Gasteiger partial charge in [-0.2, -0.15) is 0 Å². The van der Waals surface area contributed by atoms with Crippen molar-refractivity contribution < 1.29 is 0 Å². The first-order valence-electron chi connectivity index (χ1n) is 4.08. The number of rotatable bonds is 1. The molecule has 0 fully saturated rings. The van der Waals surface area contributed by atoms with E-state index in [4.69, 9.17) is 0 Å². The van der Waals surface area contributed by atoms with Crippen molar-refractivity contribution in [2.75, 3.05) is 0 Å². The van der Waals surface area contributed by atoms with Crippen molar-refractivity contribution in [1.29, 1.82) is 0 Å². The first-order valence-corrected chi connectivity index (χ1v) is 4.08. The molecule has 0 unspecified atom stereocenters. The Bertz CT molecular complexity index is 314. The van der Waals surface area contributed by atoms with Crippen LogP contribution in [0.1, 0.15) is 23.7 Å². The van der Waals surface area contributed by atoms with Crippen LogP contribution in [0.15, 0.2) is 11.1 Å². The van der Waals surface area contributed by atoms with Gasteiger partial charge in [-0.1, -0.05) is 6.07 Å². The predicted octanol–water partition coefficient (Wildman–Crippen LogP) is 2.73. The normalized spacial score (nSPS) is 11.0. The third-order valence-corrected chi connectivity index (χ3v) is 1.88. The summed E-state index contributed by atoms with van der Waals surface area (Å²) in [5.41, 5.74) is 3.42. The highest BCUT2D eigenvalue weighted by Crippen LogP contribution is 2.17. The van der Waals surface area contributed by atoms with Gasteiger partial charge < -0.3 is 0 Å². The second kappa shape index (κ2) is 3.48. The van der Waals surface area contributed by atoms with Crippen LogP contribution in [0.3, 0.4) is 0 Å². The molecule has 0 aliphatic heterocycles. The fourth-order valence-electron chi connectivity index (χ4n) is 1.08. The Balaban J connectivity index is 3.23. The van der Waals surface area contributed by atoms with Gasteiger partial charge in [0.15, 0.2) is 5.82 Å². The maximum Gasteiger partial charge on any atom is 0.154 e. The molecule has 2 nitrogen and oxygen atoms in total. The molecular formula is C10H14N2. The van der Waals surface area contributed by atoms with Gasteiger partial charge in [0.1, 0.15) is 0 Å². The van der Waals surface area contributed by atoms with Crippen LogP contribution in [0.25, 0.3) is 0 Å². The zero-order chi connectivity index (χ0) is 9.14. The van der Waals surface area contributed by atoms with Crippen molar-refractivity contribution in [3.05, 3.63) is 22.9 Å². The minimum absolute atomic E-state index is 0.834. The summed E-state index contributed by atoms with van der Waals surface area (Å²) in [7, 11) is 0. The van der Waals surface area contributed by atoms with Crippen LogP contribution in [0.4, 0.5) is 5.82 Å². The molecule has 64 valence electrons. The Morgan fingerprint density at radius 3 is 2.50 bits per heavy atom. The van der Waals surface area contributed by atoms with Gasteiger partial charge in [0.05, 0.1) is 0 Å². The Hall–Kier alpha value is -1.18. The Morgan fingerprint density at radius 2 is 1.92 bits per heavy atom. The summed E-state index contributed by atoms with van der Waals surface area (Å²) in [6.07, 6.45) is 1.77. The minimum atomic E-state index is 0.834. The lowest BCUT2D eigenvalue weighted by Gasteiger charge is -2.03. The average Bonchev–Trinajstić information content (AvgIpc) is 2.01. The third kappa shape index (κ3) is 1.70. The highest BCUT2D eigenvalue weighted by atomic mass is 14.9. The molecule has 0 amide bonds. The second-order valence-electron chi connectivity index (χ2n) is 2.92. The Labute approximate surface area is 73.4 Å². The second-order valence-corrected chi connectivity index (χ2v) is 2.92. The van der Waals surface area contributed by atoms with Crippen molar-refractivity contribution in [1.82, 2.24) is 4.98 Å². The molecule has 1 heterocycles. The van der Waals surface area contributed by atoms with E-state index in [0.717, 1.165) is 17.1 Å². The lowest BCUT2D eigenvalue weighted by molar-refractivity contribution is 1.11. The molecule has 0 aliphatic carbocycles. The van der Waals surface area contributed by atoms with Crippen molar-refractivity contribution in [3.63, 3.8) is 0 Å². The van der Waals surface area contributed by atoms with Crippen LogP contribution in [0.5, 0.6) is 0 Å². The monoisotopic (exact) mass is 162 g/mol. The molecule has 12 heavy (non-hydrogen) atoms. The van der Waals surface area contributed by atoms with E-state index in [-0.39, 0.29) is 0 Å². The molecule has 0 saturated heterocycles. The van der Waals surface area contributed by atoms with Gasteiger partial charge in [-0.15, -0.1) is 0 Å². The SMILES string of the molecule is CC=Nc1nc(C)c(C)cc1C. The third-order valence-electron chi connectivity index (χ3n) is 1.88. The van der Waals surface area contributed by atoms with Crippen molar-refractivity contribution >= 4 is 12.0 Å². The van der Waals surface area contributed by atoms with E-state index in [1.165, 1.54) is 5.56 Å². The lowest BCUT2D eigenvalue weighted by atomic mass is 10.1. The van der Waals surface area contributed by atoms with Gasteiger partial charge in [-0.05, 0) is 38.8 Å². The molecule has 1 aromatic heterocycles. The summed E-state index contributed by atoms with van der Waals surface area (Å²) in [5.74, 6) is 0.834. The Kier molecular flexibility index (Phi) is 2.58. The highest BCUT2D eigenvalue weighted by molar-refractivity contribution is 5.60. The molecule has 2 heteroatoms. The Morgan fingerprint density at radius 1 is 1.25 bits per heavy atom. The topological polar surface area (TPSA) is 25.2 Å². The molecule has 0 saturated carbocycles. The summed E-state index contributed by atoms with van der Waals surface area (Å²) >= 11 is 0. The standard InChI is InChI=1S/C10H14N2/c1-5-11-10-8(3)6-7(2)9(4)12-10/h5-6H,1-4H3. The molecule has 1 rings (SSSR count). The van der Waals surface area contributed by atoms with E-state index in [2.05, 4.69) is 23.0 Å². The highest BCUT2D eigenvalue weighted by Gasteiger charge is 2.00. The van der Waals surface area contributed by atoms with Crippen LogP contribution in [-0.4, -0.2) is 11.2 Å². The molecule has 1 aromatic rings. The lowest BCUT2D eigenvalue weighted by Crippen LogP contribution is -1.89. The number of aromatic nitrogens is 1. The van der Waals surface area contributed by atoms with E-state index in [1.807, 2.05) is 20.8 Å². The largest absolute Gasteiger partial charge is 0.242 e. The van der Waals surface area contributed by atoms with E-state index in [0.29, 0.717) is 0 Å². The fraction of sp³-hybridized carbons (Fsp3) is 0.400. The molecule has 0 aliphatic rings. The summed E-state index contributed by atoms with van der Waals surface area (Å²) < 4.78 is 0. The van der Waals surface area contributed by atoms with Gasteiger partial charge >= 0.3 is 0 Å². The summed E-state index contributed by atoms with van der Waals surface area (Å²) in [4.78, 5) is 8.54. The number of hydrogen-bond donors (Lipinski definition) is 0. The smallest absolute Gasteiger partial charge is 0.154 e. The number of pyridine rings is 1. The first-order chi connectivity index (χ1) is 5.65. The molecular weight excluding hydrogens is 148 g/mol. The maximum absolute atomic E-state index is 4.36. The minimum Gasteiger partial charge on any atom is -0.242 e. The quantitative estimate of drug-likeness (QED) is 0.583. The van der Waals surface area contributed by atoms with Gasteiger partial charge in [0.2, 0.25) is 0 Å². The summed E-state index contributed by atoms with van der Waals surface area (Å²) in [6.45, 7) is 8.00. The van der Waals surface area contributed by atoms with Crippen molar-refractivity contribution in [2.24, 2.45) is 4.99 Å². The van der Waals surface area contributed by atoms with Gasteiger partial charge in [0, 0.05) is 11.9 Å². The van der Waals surface area contributed by atoms with Crippen LogP contribution >= 0.6 is 0 Å². The maximum atomic E-state index is 4.36. The van der Waals surface area contributed by atoms with E-state index in [1.54, 1.807) is 6.21 Å². The van der Waals surface area contributed by atoms with Crippen molar-refractivity contribution in [2.45, 2.75) is 27.7 Å². The van der Waals surface area contributed by atoms with E-state index < -0.39 is 0 Å². The van der Waals surface area contributed by atoms with Gasteiger partial charge in [-0.3, -0.25) is 0 Å². The van der Waals surface area contributed by atoms with Crippen LogP contribution < -0.4 is 0 Å². The van der Waals surface area contributed by atoms with Crippen molar-refractivity contribution in [3.8, 4) is 0 Å². The average molecular weight is 162 g/mol. The van der Waals surface area contributed by atoms with Crippen LogP contribution in [0.2, 0.25) is 0 Å². The first kappa shape index (κ1) is 8.91. The van der Waals surface area contributed by atoms with E-state index >= 15 is 0 Å². The summed E-state index contributed by atoms with van der Waals surface area (Å²) in [6, 6.07) is 2.12. The number of nitrogens with zero attached hydrogens (tertiary/aromatic N) is 2. The number of aliphatic imine (C=N–C) groups is 1. The molecule has 0 atom stereocenters. The molecule has 0 aromatic carbocycles.